The number of carbonyl (C=O) groups excluding carboxylic acids is 2. The molecule has 0 saturated heterocycles. The lowest BCUT2D eigenvalue weighted by Gasteiger charge is -2.16. The summed E-state index contributed by atoms with van der Waals surface area (Å²) in [5.41, 5.74) is 5.10. The fourth-order valence-corrected chi connectivity index (χ4v) is 2.16. The molecule has 2 N–H and O–H groups in total. The molecule has 0 fully saturated rings. The molecule has 0 radical (unpaired) electrons. The summed E-state index contributed by atoms with van der Waals surface area (Å²) >= 11 is 1.47. The SMILES string of the molecule is CCN(CC(N)=O)CC(=O)c1ccc(C)s1. The van der Waals surface area contributed by atoms with Crippen LogP contribution in [0.5, 0.6) is 0 Å². The van der Waals surface area contributed by atoms with Gasteiger partial charge < -0.3 is 5.73 Å². The summed E-state index contributed by atoms with van der Waals surface area (Å²) < 4.78 is 0. The topological polar surface area (TPSA) is 63.4 Å². The molecule has 0 aliphatic heterocycles. The average Bonchev–Trinajstić information content (AvgIpc) is 2.63. The van der Waals surface area contributed by atoms with Gasteiger partial charge in [-0.15, -0.1) is 11.3 Å². The highest BCUT2D eigenvalue weighted by Gasteiger charge is 2.14. The third-order valence-electron chi connectivity index (χ3n) is 2.21. The summed E-state index contributed by atoms with van der Waals surface area (Å²) in [7, 11) is 0. The van der Waals surface area contributed by atoms with Crippen LogP contribution in [0.3, 0.4) is 0 Å². The fraction of sp³-hybridized carbons (Fsp3) is 0.455. The molecule has 0 aliphatic rings. The number of hydrogen-bond donors (Lipinski definition) is 1. The smallest absolute Gasteiger partial charge is 0.231 e. The first kappa shape index (κ1) is 12.9. The Morgan fingerprint density at radius 1 is 1.38 bits per heavy atom. The maximum atomic E-state index is 11.8. The highest BCUT2D eigenvalue weighted by atomic mass is 32.1. The van der Waals surface area contributed by atoms with Crippen LogP contribution in [0.1, 0.15) is 21.5 Å². The Morgan fingerprint density at radius 3 is 2.50 bits per heavy atom. The summed E-state index contributed by atoms with van der Waals surface area (Å²) in [6, 6.07) is 3.74. The maximum Gasteiger partial charge on any atom is 0.231 e. The quantitative estimate of drug-likeness (QED) is 0.756. The van der Waals surface area contributed by atoms with Gasteiger partial charge in [0.05, 0.1) is 18.0 Å². The van der Waals surface area contributed by atoms with Crippen LogP contribution in [0.2, 0.25) is 0 Å². The predicted molar refractivity (Wildman–Crippen MR) is 64.7 cm³/mol. The second kappa shape index (κ2) is 5.77. The highest BCUT2D eigenvalue weighted by molar-refractivity contribution is 7.14. The van der Waals surface area contributed by atoms with Crippen molar-refractivity contribution in [3.8, 4) is 0 Å². The molecule has 0 unspecified atom stereocenters. The van der Waals surface area contributed by atoms with Crippen LogP contribution < -0.4 is 5.73 Å². The monoisotopic (exact) mass is 240 g/mol. The first-order chi connectivity index (χ1) is 7.52. The van der Waals surface area contributed by atoms with Crippen LogP contribution in [-0.2, 0) is 4.79 Å². The number of Topliss-reactive ketones (excluding diaryl/α,β-unsaturated/α-hetero) is 1. The van der Waals surface area contributed by atoms with E-state index in [0.29, 0.717) is 6.54 Å². The average molecular weight is 240 g/mol. The molecular weight excluding hydrogens is 224 g/mol. The molecule has 1 rings (SSSR count). The van der Waals surface area contributed by atoms with Crippen molar-refractivity contribution in [3.05, 3.63) is 21.9 Å². The number of primary amides is 1. The van der Waals surface area contributed by atoms with E-state index < -0.39 is 5.91 Å². The Labute approximate surface area is 99.0 Å². The normalized spacial score (nSPS) is 10.7. The van der Waals surface area contributed by atoms with Gasteiger partial charge in [0.15, 0.2) is 5.78 Å². The van der Waals surface area contributed by atoms with Gasteiger partial charge in [0.25, 0.3) is 0 Å². The van der Waals surface area contributed by atoms with Crippen molar-refractivity contribution in [1.29, 1.82) is 0 Å². The van der Waals surface area contributed by atoms with Crippen LogP contribution >= 0.6 is 11.3 Å². The zero-order chi connectivity index (χ0) is 12.1. The molecule has 5 heteroatoms. The fourth-order valence-electron chi connectivity index (χ4n) is 1.37. The van der Waals surface area contributed by atoms with Gasteiger partial charge in [-0.1, -0.05) is 6.92 Å². The number of likely N-dealkylation sites (N-methyl/N-ethyl adjacent to an activating group) is 1. The molecule has 0 atom stereocenters. The molecule has 0 aliphatic carbocycles. The molecule has 88 valence electrons. The minimum atomic E-state index is -0.406. The Morgan fingerprint density at radius 2 is 2.06 bits per heavy atom. The molecule has 0 bridgehead atoms. The van der Waals surface area contributed by atoms with Crippen molar-refractivity contribution in [2.45, 2.75) is 13.8 Å². The van der Waals surface area contributed by atoms with E-state index in [1.807, 2.05) is 26.0 Å². The van der Waals surface area contributed by atoms with Crippen molar-refractivity contribution in [2.75, 3.05) is 19.6 Å². The van der Waals surface area contributed by atoms with E-state index in [1.54, 1.807) is 4.90 Å². The first-order valence-electron chi connectivity index (χ1n) is 5.13. The minimum absolute atomic E-state index is 0.0428. The van der Waals surface area contributed by atoms with E-state index in [1.165, 1.54) is 11.3 Å². The van der Waals surface area contributed by atoms with E-state index in [9.17, 15) is 9.59 Å². The second-order valence-electron chi connectivity index (χ2n) is 3.60. The van der Waals surface area contributed by atoms with E-state index in [-0.39, 0.29) is 18.9 Å². The van der Waals surface area contributed by atoms with Crippen molar-refractivity contribution in [3.63, 3.8) is 0 Å². The largest absolute Gasteiger partial charge is 0.369 e. The number of nitrogens with zero attached hydrogens (tertiary/aromatic N) is 1. The summed E-state index contributed by atoms with van der Waals surface area (Å²) in [5.74, 6) is -0.363. The van der Waals surface area contributed by atoms with Gasteiger partial charge in [-0.3, -0.25) is 14.5 Å². The maximum absolute atomic E-state index is 11.8. The van der Waals surface area contributed by atoms with E-state index in [2.05, 4.69) is 0 Å². The minimum Gasteiger partial charge on any atom is -0.369 e. The zero-order valence-electron chi connectivity index (χ0n) is 9.53. The number of carbonyl (C=O) groups is 2. The Hall–Kier alpha value is -1.20. The Balaban J connectivity index is 2.58. The van der Waals surface area contributed by atoms with Crippen LogP contribution in [0.25, 0.3) is 0 Å². The number of rotatable bonds is 6. The van der Waals surface area contributed by atoms with Crippen molar-refractivity contribution < 1.29 is 9.59 Å². The van der Waals surface area contributed by atoms with Crippen LogP contribution in [0.4, 0.5) is 0 Å². The number of thiophene rings is 1. The molecule has 16 heavy (non-hydrogen) atoms. The van der Waals surface area contributed by atoms with Gasteiger partial charge in [-0.25, -0.2) is 0 Å². The summed E-state index contributed by atoms with van der Waals surface area (Å²) in [6.45, 7) is 4.88. The second-order valence-corrected chi connectivity index (χ2v) is 4.89. The molecule has 1 aromatic heterocycles. The lowest BCUT2D eigenvalue weighted by atomic mass is 10.3. The summed E-state index contributed by atoms with van der Waals surface area (Å²) in [6.07, 6.45) is 0. The van der Waals surface area contributed by atoms with Crippen molar-refractivity contribution in [2.24, 2.45) is 5.73 Å². The lowest BCUT2D eigenvalue weighted by Crippen LogP contribution is -2.37. The van der Waals surface area contributed by atoms with Crippen molar-refractivity contribution in [1.82, 2.24) is 4.90 Å². The van der Waals surface area contributed by atoms with Crippen LogP contribution in [0.15, 0.2) is 12.1 Å². The highest BCUT2D eigenvalue weighted by Crippen LogP contribution is 2.15. The predicted octanol–water partition coefficient (Wildman–Crippen LogP) is 1.05. The molecule has 0 saturated carbocycles. The van der Waals surface area contributed by atoms with Crippen LogP contribution in [-0.4, -0.2) is 36.2 Å². The lowest BCUT2D eigenvalue weighted by molar-refractivity contribution is -0.118. The molecule has 1 amide bonds. The number of amides is 1. The standard InChI is InChI=1S/C11H16N2O2S/c1-3-13(7-11(12)15)6-9(14)10-5-4-8(2)16-10/h4-5H,3,6-7H2,1-2H3,(H2,12,15). The Kier molecular flexibility index (Phi) is 4.64. The van der Waals surface area contributed by atoms with Gasteiger partial charge in [-0.2, -0.15) is 0 Å². The summed E-state index contributed by atoms with van der Waals surface area (Å²) in [5, 5.41) is 0. The van der Waals surface area contributed by atoms with Gasteiger partial charge in [-0.05, 0) is 25.6 Å². The van der Waals surface area contributed by atoms with E-state index >= 15 is 0 Å². The first-order valence-corrected chi connectivity index (χ1v) is 5.95. The summed E-state index contributed by atoms with van der Waals surface area (Å²) in [4.78, 5) is 26.2. The number of aryl methyl sites for hydroxylation is 1. The third-order valence-corrected chi connectivity index (χ3v) is 3.25. The van der Waals surface area contributed by atoms with Gasteiger partial charge in [0.2, 0.25) is 5.91 Å². The molecule has 0 aromatic carbocycles. The van der Waals surface area contributed by atoms with Gasteiger partial charge in [0.1, 0.15) is 0 Å². The molecule has 1 aromatic rings. The Bertz CT molecular complexity index is 387. The van der Waals surface area contributed by atoms with E-state index in [0.717, 1.165) is 9.75 Å². The number of ketones is 1. The molecule has 1 heterocycles. The molecule has 4 nitrogen and oxygen atoms in total. The van der Waals surface area contributed by atoms with Crippen LogP contribution in [0, 0.1) is 6.92 Å². The van der Waals surface area contributed by atoms with Crippen molar-refractivity contribution >= 4 is 23.0 Å². The molecular formula is C11H16N2O2S. The zero-order valence-corrected chi connectivity index (χ0v) is 10.3. The van der Waals surface area contributed by atoms with Gasteiger partial charge in [0, 0.05) is 4.88 Å². The number of hydrogen-bond acceptors (Lipinski definition) is 4. The number of nitrogens with two attached hydrogens (primary N) is 1. The van der Waals surface area contributed by atoms with Gasteiger partial charge >= 0.3 is 0 Å². The van der Waals surface area contributed by atoms with E-state index in [4.69, 9.17) is 5.73 Å². The third kappa shape index (κ3) is 3.75. The molecule has 0 spiro atoms.